The number of esters is 2. The van der Waals surface area contributed by atoms with Crippen molar-refractivity contribution in [3.8, 4) is 35.2 Å². The van der Waals surface area contributed by atoms with E-state index in [4.69, 9.17) is 4.74 Å². The lowest BCUT2D eigenvalue weighted by molar-refractivity contribution is -0.142. The van der Waals surface area contributed by atoms with Crippen molar-refractivity contribution < 1.29 is 36.6 Å². The van der Waals surface area contributed by atoms with Crippen LogP contribution in [0.4, 0.5) is 17.6 Å². The number of carbonyl (C=O) groups is 2. The van der Waals surface area contributed by atoms with Crippen molar-refractivity contribution in [3.05, 3.63) is 119 Å². The van der Waals surface area contributed by atoms with E-state index in [0.29, 0.717) is 22.4 Å². The number of halogens is 4. The molecule has 0 unspecified atom stereocenters. The fourth-order valence-electron chi connectivity index (χ4n) is 2.67. The van der Waals surface area contributed by atoms with Crippen molar-refractivity contribution in [3.63, 3.8) is 0 Å². The predicted octanol–water partition coefficient (Wildman–Crippen LogP) is 6.13. The van der Waals surface area contributed by atoms with Crippen LogP contribution in [-0.2, 0) is 9.59 Å². The Hall–Kier alpha value is -5.08. The monoisotopic (exact) mass is 518 g/mol. The smallest absolute Gasteiger partial charge is 0.422 e. The maximum atomic E-state index is 14.5. The summed E-state index contributed by atoms with van der Waals surface area (Å²) in [5.74, 6) is 8.61. The van der Waals surface area contributed by atoms with Gasteiger partial charge in [0.1, 0.15) is 22.9 Å². The molecule has 0 radical (unpaired) electrons. The summed E-state index contributed by atoms with van der Waals surface area (Å²) >= 11 is 0. The summed E-state index contributed by atoms with van der Waals surface area (Å²) in [6, 6.07) is 16.1. The number of hydrogen-bond donors (Lipinski definition) is 0. The molecular weight excluding hydrogens is 500 g/mol. The van der Waals surface area contributed by atoms with Gasteiger partial charge in [-0.05, 0) is 73.7 Å². The van der Waals surface area contributed by atoms with E-state index in [1.54, 1.807) is 37.3 Å². The first-order chi connectivity index (χ1) is 17.9. The number of alkyl halides is 3. The van der Waals surface area contributed by atoms with Crippen molar-refractivity contribution in [1.29, 1.82) is 0 Å². The molecule has 0 spiro atoms. The van der Waals surface area contributed by atoms with Crippen LogP contribution in [-0.4, -0.2) is 18.1 Å². The van der Waals surface area contributed by atoms with E-state index in [2.05, 4.69) is 41.6 Å². The zero-order chi connectivity index (χ0) is 27.9. The van der Waals surface area contributed by atoms with Crippen molar-refractivity contribution in [2.75, 3.05) is 0 Å². The second-order valence-electron chi connectivity index (χ2n) is 7.78. The van der Waals surface area contributed by atoms with E-state index in [1.807, 2.05) is 0 Å². The van der Waals surface area contributed by atoms with E-state index in [0.717, 1.165) is 0 Å². The first kappa shape index (κ1) is 27.5. The molecule has 0 aliphatic carbocycles. The van der Waals surface area contributed by atoms with Crippen LogP contribution in [0.5, 0.6) is 11.5 Å². The van der Waals surface area contributed by atoms with Crippen LogP contribution in [0, 0.1) is 29.5 Å². The lowest BCUT2D eigenvalue weighted by atomic mass is 10.1. The van der Waals surface area contributed by atoms with E-state index in [9.17, 15) is 27.2 Å². The second kappa shape index (κ2) is 11.8. The van der Waals surface area contributed by atoms with E-state index >= 15 is 0 Å². The Kier molecular flexibility index (Phi) is 8.52. The molecule has 0 fully saturated rings. The van der Waals surface area contributed by atoms with Crippen LogP contribution >= 0.6 is 0 Å². The minimum atomic E-state index is -4.89. The number of ether oxygens (including phenoxy) is 2. The highest BCUT2D eigenvalue weighted by atomic mass is 19.4. The number of hydrogen-bond acceptors (Lipinski definition) is 4. The molecule has 0 aliphatic rings. The highest BCUT2D eigenvalue weighted by Crippen LogP contribution is 2.26. The summed E-state index contributed by atoms with van der Waals surface area (Å²) in [6.45, 7) is 7.73. The molecular formula is C30H18F4O4. The third kappa shape index (κ3) is 7.71. The minimum Gasteiger partial charge on any atom is -0.423 e. The molecule has 0 aromatic heterocycles. The van der Waals surface area contributed by atoms with Crippen LogP contribution in [0.2, 0.25) is 0 Å². The zero-order valence-corrected chi connectivity index (χ0v) is 19.9. The van der Waals surface area contributed by atoms with Crippen molar-refractivity contribution in [2.24, 2.45) is 0 Å². The molecule has 190 valence electrons. The molecule has 0 N–H and O–H groups in total. The average molecular weight is 518 g/mol. The normalized spacial score (nSPS) is 10.2. The third-order valence-corrected chi connectivity index (χ3v) is 4.73. The maximum Gasteiger partial charge on any atom is 0.422 e. The maximum absolute atomic E-state index is 14.5. The molecule has 3 aromatic rings. The van der Waals surface area contributed by atoms with Gasteiger partial charge in [0, 0.05) is 22.3 Å². The van der Waals surface area contributed by atoms with Gasteiger partial charge in [-0.1, -0.05) is 36.8 Å². The number of carbonyl (C=O) groups excluding carboxylic acids is 2. The highest BCUT2D eigenvalue weighted by molar-refractivity contribution is 5.90. The summed E-state index contributed by atoms with van der Waals surface area (Å²) in [4.78, 5) is 23.0. The van der Waals surface area contributed by atoms with Gasteiger partial charge in [-0.25, -0.2) is 14.0 Å². The molecule has 0 aliphatic heterocycles. The molecule has 0 saturated heterocycles. The Labute approximate surface area is 216 Å². The van der Waals surface area contributed by atoms with Crippen molar-refractivity contribution >= 4 is 11.9 Å². The van der Waals surface area contributed by atoms with Gasteiger partial charge in [-0.3, -0.25) is 0 Å². The molecule has 0 bridgehead atoms. The number of rotatable bonds is 4. The topological polar surface area (TPSA) is 52.6 Å². The van der Waals surface area contributed by atoms with Crippen LogP contribution in [0.25, 0.3) is 0 Å². The zero-order valence-electron chi connectivity index (χ0n) is 19.9. The van der Waals surface area contributed by atoms with E-state index in [1.165, 1.54) is 36.4 Å². The van der Waals surface area contributed by atoms with Gasteiger partial charge in [-0.2, -0.15) is 13.2 Å². The van der Waals surface area contributed by atoms with Gasteiger partial charge >= 0.3 is 18.1 Å². The Bertz CT molecular complexity index is 1530. The lowest BCUT2D eigenvalue weighted by Gasteiger charge is -2.09. The van der Waals surface area contributed by atoms with Gasteiger partial charge < -0.3 is 9.47 Å². The standard InChI is InChI=1S/C30H18F4O4/c1-19(2)28(35)37-25-14-8-21(9-15-25)4-5-23-7-13-24(27(31)18-23)12-6-22-10-16-26(17-11-22)38-29(36)20(3)30(32,33)34/h7-11,13-18H,1,3H2,2H3. The molecule has 4 nitrogen and oxygen atoms in total. The first-order valence-corrected chi connectivity index (χ1v) is 10.8. The summed E-state index contributed by atoms with van der Waals surface area (Å²) in [6.07, 6.45) is -4.89. The molecule has 0 amide bonds. The van der Waals surface area contributed by atoms with Crippen LogP contribution in [0.15, 0.2) is 91.0 Å². The predicted molar refractivity (Wildman–Crippen MR) is 133 cm³/mol. The Morgan fingerprint density at radius 2 is 1.16 bits per heavy atom. The van der Waals surface area contributed by atoms with Gasteiger partial charge in [0.15, 0.2) is 0 Å². The summed E-state index contributed by atoms with van der Waals surface area (Å²) in [5.41, 5.74) is 0.221. The highest BCUT2D eigenvalue weighted by Gasteiger charge is 2.38. The quantitative estimate of drug-likeness (QED) is 0.137. The fourth-order valence-corrected chi connectivity index (χ4v) is 2.67. The lowest BCUT2D eigenvalue weighted by Crippen LogP contribution is -2.23. The largest absolute Gasteiger partial charge is 0.423 e. The molecule has 0 heterocycles. The molecule has 38 heavy (non-hydrogen) atoms. The SMILES string of the molecule is C=C(C)C(=O)Oc1ccc(C#Cc2ccc(C#Cc3ccc(OC(=O)C(=C)C(F)(F)F)cc3)c(F)c2)cc1. The van der Waals surface area contributed by atoms with Crippen LogP contribution in [0.3, 0.4) is 0 Å². The summed E-state index contributed by atoms with van der Waals surface area (Å²) < 4.78 is 61.8. The molecule has 3 rings (SSSR count). The van der Waals surface area contributed by atoms with Crippen LogP contribution in [0.1, 0.15) is 29.2 Å². The Morgan fingerprint density at radius 1 is 0.711 bits per heavy atom. The Morgan fingerprint density at radius 3 is 1.63 bits per heavy atom. The Balaban J connectivity index is 1.64. The van der Waals surface area contributed by atoms with Crippen LogP contribution < -0.4 is 9.47 Å². The van der Waals surface area contributed by atoms with E-state index < -0.39 is 29.5 Å². The van der Waals surface area contributed by atoms with Crippen molar-refractivity contribution in [2.45, 2.75) is 13.1 Å². The minimum absolute atomic E-state index is 0.108. The molecule has 0 saturated carbocycles. The molecule has 3 aromatic carbocycles. The van der Waals surface area contributed by atoms with E-state index in [-0.39, 0.29) is 16.9 Å². The third-order valence-electron chi connectivity index (χ3n) is 4.73. The molecule has 8 heteroatoms. The second-order valence-corrected chi connectivity index (χ2v) is 7.78. The first-order valence-electron chi connectivity index (χ1n) is 10.8. The van der Waals surface area contributed by atoms with Gasteiger partial charge in [-0.15, -0.1) is 0 Å². The number of benzene rings is 3. The van der Waals surface area contributed by atoms with Gasteiger partial charge in [0.25, 0.3) is 0 Å². The summed E-state index contributed by atoms with van der Waals surface area (Å²) in [5, 5.41) is 0. The molecule has 0 atom stereocenters. The average Bonchev–Trinajstić information content (AvgIpc) is 2.87. The van der Waals surface area contributed by atoms with Gasteiger partial charge in [0.05, 0.1) is 5.56 Å². The fraction of sp³-hybridized carbons (Fsp3) is 0.0667. The van der Waals surface area contributed by atoms with Crippen molar-refractivity contribution in [1.82, 2.24) is 0 Å². The van der Waals surface area contributed by atoms with Gasteiger partial charge in [0.2, 0.25) is 0 Å². The summed E-state index contributed by atoms with van der Waals surface area (Å²) in [7, 11) is 0.